The van der Waals surface area contributed by atoms with Gasteiger partial charge in [-0.3, -0.25) is 9.59 Å². The molecule has 25 heavy (non-hydrogen) atoms. The van der Waals surface area contributed by atoms with Crippen LogP contribution in [0.4, 0.5) is 5.69 Å². The van der Waals surface area contributed by atoms with E-state index in [4.69, 9.17) is 0 Å². The summed E-state index contributed by atoms with van der Waals surface area (Å²) in [6.07, 6.45) is 2.29. The second kappa shape index (κ2) is 8.27. The second-order valence-electron chi connectivity index (χ2n) is 6.28. The molecule has 1 aromatic heterocycles. The summed E-state index contributed by atoms with van der Waals surface area (Å²) in [5, 5.41) is 7.80. The van der Waals surface area contributed by atoms with E-state index in [0.29, 0.717) is 30.4 Å². The molecular formula is C19H24N3O2S+. The first-order valence-corrected chi connectivity index (χ1v) is 9.61. The van der Waals surface area contributed by atoms with Crippen LogP contribution in [0.5, 0.6) is 0 Å². The first kappa shape index (κ1) is 17.6. The van der Waals surface area contributed by atoms with Crippen molar-refractivity contribution in [3.8, 4) is 0 Å². The monoisotopic (exact) mass is 358 g/mol. The van der Waals surface area contributed by atoms with Gasteiger partial charge in [0.15, 0.2) is 6.54 Å². The minimum absolute atomic E-state index is 0.00786. The number of quaternary nitrogens is 1. The molecule has 6 heteroatoms. The number of amides is 2. The van der Waals surface area contributed by atoms with Gasteiger partial charge in [0.05, 0.1) is 11.4 Å². The van der Waals surface area contributed by atoms with E-state index in [0.717, 1.165) is 19.4 Å². The Morgan fingerprint density at radius 1 is 1.28 bits per heavy atom. The van der Waals surface area contributed by atoms with E-state index in [-0.39, 0.29) is 11.8 Å². The predicted molar refractivity (Wildman–Crippen MR) is 100 cm³/mol. The number of carbonyl (C=O) groups excluding carboxylic acids is 2. The van der Waals surface area contributed by atoms with Crippen LogP contribution in [-0.4, -0.2) is 31.4 Å². The van der Waals surface area contributed by atoms with Gasteiger partial charge in [-0.25, -0.2) is 0 Å². The normalized spacial score (nSPS) is 19.6. The Kier molecular flexibility index (Phi) is 5.83. The molecule has 0 saturated carbocycles. The highest BCUT2D eigenvalue weighted by atomic mass is 32.1. The van der Waals surface area contributed by atoms with Crippen LogP contribution in [0.15, 0.2) is 41.8 Å². The van der Waals surface area contributed by atoms with Crippen LogP contribution in [0, 0.1) is 0 Å². The Bertz CT molecular complexity index is 730. The van der Waals surface area contributed by atoms with E-state index in [1.807, 2.05) is 13.0 Å². The van der Waals surface area contributed by atoms with Gasteiger partial charge in [-0.05, 0) is 36.6 Å². The summed E-state index contributed by atoms with van der Waals surface area (Å²) >= 11 is 1.77. The average molecular weight is 358 g/mol. The fourth-order valence-corrected chi connectivity index (χ4v) is 4.29. The van der Waals surface area contributed by atoms with Crippen molar-refractivity contribution in [2.45, 2.75) is 25.8 Å². The molecule has 0 aliphatic carbocycles. The molecular weight excluding hydrogens is 334 g/mol. The van der Waals surface area contributed by atoms with Crippen LogP contribution in [0.2, 0.25) is 0 Å². The van der Waals surface area contributed by atoms with Crippen molar-refractivity contribution in [3.05, 3.63) is 52.2 Å². The van der Waals surface area contributed by atoms with Crippen LogP contribution < -0.4 is 15.5 Å². The average Bonchev–Trinajstić information content (AvgIpc) is 3.26. The third-order valence-corrected chi connectivity index (χ3v) is 5.49. The number of likely N-dealkylation sites (tertiary alicyclic amines) is 1. The summed E-state index contributed by atoms with van der Waals surface area (Å²) in [5.41, 5.74) is 1.23. The SMILES string of the molecule is CCNC(=O)c1cccc(NC(=O)C[NH+]2CCC[C@H]2c2cccs2)c1. The number of benzene rings is 1. The third kappa shape index (κ3) is 4.46. The Labute approximate surface area is 152 Å². The van der Waals surface area contributed by atoms with Gasteiger partial charge in [-0.2, -0.15) is 0 Å². The molecule has 1 fully saturated rings. The summed E-state index contributed by atoms with van der Waals surface area (Å²) in [6, 6.07) is 11.7. The number of anilines is 1. The van der Waals surface area contributed by atoms with Gasteiger partial charge >= 0.3 is 0 Å². The van der Waals surface area contributed by atoms with Crippen molar-refractivity contribution in [2.24, 2.45) is 0 Å². The number of nitrogens with one attached hydrogen (secondary N) is 3. The Hall–Kier alpha value is -2.18. The zero-order chi connectivity index (χ0) is 17.6. The molecule has 2 aromatic rings. The summed E-state index contributed by atoms with van der Waals surface area (Å²) in [6.45, 7) is 3.94. The molecule has 1 aliphatic rings. The van der Waals surface area contributed by atoms with E-state index in [2.05, 4.69) is 28.1 Å². The van der Waals surface area contributed by atoms with E-state index in [1.54, 1.807) is 29.5 Å². The Morgan fingerprint density at radius 2 is 2.16 bits per heavy atom. The predicted octanol–water partition coefficient (Wildman–Crippen LogP) is 1.86. The van der Waals surface area contributed by atoms with E-state index < -0.39 is 0 Å². The van der Waals surface area contributed by atoms with Gasteiger partial charge in [-0.1, -0.05) is 12.1 Å². The zero-order valence-electron chi connectivity index (χ0n) is 14.4. The topological polar surface area (TPSA) is 62.6 Å². The molecule has 2 heterocycles. The molecule has 0 spiro atoms. The molecule has 1 aliphatic heterocycles. The Balaban J connectivity index is 1.61. The number of hydrogen-bond donors (Lipinski definition) is 3. The summed E-state index contributed by atoms with van der Waals surface area (Å²) in [5.74, 6) is -0.131. The van der Waals surface area contributed by atoms with Crippen molar-refractivity contribution >= 4 is 28.8 Å². The van der Waals surface area contributed by atoms with Crippen LogP contribution in [0.25, 0.3) is 0 Å². The largest absolute Gasteiger partial charge is 0.352 e. The van der Waals surface area contributed by atoms with E-state index in [1.165, 1.54) is 9.78 Å². The lowest BCUT2D eigenvalue weighted by Gasteiger charge is -2.20. The highest BCUT2D eigenvalue weighted by Crippen LogP contribution is 2.23. The lowest BCUT2D eigenvalue weighted by molar-refractivity contribution is -0.910. The van der Waals surface area contributed by atoms with E-state index >= 15 is 0 Å². The summed E-state index contributed by atoms with van der Waals surface area (Å²) < 4.78 is 0. The molecule has 0 bridgehead atoms. The summed E-state index contributed by atoms with van der Waals surface area (Å²) in [4.78, 5) is 27.0. The second-order valence-corrected chi connectivity index (χ2v) is 7.26. The maximum absolute atomic E-state index is 12.5. The third-order valence-electron chi connectivity index (χ3n) is 4.50. The smallest absolute Gasteiger partial charge is 0.279 e. The fraction of sp³-hybridized carbons (Fsp3) is 0.368. The van der Waals surface area contributed by atoms with E-state index in [9.17, 15) is 9.59 Å². The highest BCUT2D eigenvalue weighted by Gasteiger charge is 2.32. The van der Waals surface area contributed by atoms with Gasteiger partial charge in [0.2, 0.25) is 0 Å². The molecule has 3 rings (SSSR count). The van der Waals surface area contributed by atoms with Crippen molar-refractivity contribution in [1.82, 2.24) is 5.32 Å². The molecule has 2 atom stereocenters. The minimum Gasteiger partial charge on any atom is -0.352 e. The van der Waals surface area contributed by atoms with Crippen LogP contribution in [0.3, 0.4) is 0 Å². The van der Waals surface area contributed by atoms with Gasteiger partial charge in [0.1, 0.15) is 6.04 Å². The number of carbonyl (C=O) groups is 2. The van der Waals surface area contributed by atoms with Crippen LogP contribution in [0.1, 0.15) is 41.0 Å². The van der Waals surface area contributed by atoms with Crippen molar-refractivity contribution < 1.29 is 14.5 Å². The fourth-order valence-electron chi connectivity index (χ4n) is 3.37. The molecule has 1 unspecified atom stereocenters. The van der Waals surface area contributed by atoms with Crippen LogP contribution in [-0.2, 0) is 4.79 Å². The Morgan fingerprint density at radius 3 is 2.92 bits per heavy atom. The molecule has 0 radical (unpaired) electrons. The molecule has 132 valence electrons. The zero-order valence-corrected chi connectivity index (χ0v) is 15.2. The minimum atomic E-state index is -0.124. The molecule has 1 aromatic carbocycles. The number of thiophene rings is 1. The molecule has 5 nitrogen and oxygen atoms in total. The first-order valence-electron chi connectivity index (χ1n) is 8.73. The number of hydrogen-bond acceptors (Lipinski definition) is 3. The maximum atomic E-state index is 12.5. The first-order chi connectivity index (χ1) is 12.2. The molecule has 3 N–H and O–H groups in total. The van der Waals surface area contributed by atoms with Gasteiger partial charge in [0.25, 0.3) is 11.8 Å². The number of rotatable bonds is 6. The highest BCUT2D eigenvalue weighted by molar-refractivity contribution is 7.10. The van der Waals surface area contributed by atoms with Gasteiger partial charge < -0.3 is 15.5 Å². The lowest BCUT2D eigenvalue weighted by Crippen LogP contribution is -3.11. The van der Waals surface area contributed by atoms with Gasteiger partial charge in [-0.15, -0.1) is 11.3 Å². The van der Waals surface area contributed by atoms with Crippen molar-refractivity contribution in [2.75, 3.05) is 25.0 Å². The lowest BCUT2D eigenvalue weighted by atomic mass is 10.2. The van der Waals surface area contributed by atoms with Crippen molar-refractivity contribution in [3.63, 3.8) is 0 Å². The van der Waals surface area contributed by atoms with Crippen molar-refractivity contribution in [1.29, 1.82) is 0 Å². The standard InChI is InChI=1S/C19H23N3O2S/c1-2-20-19(24)14-6-3-7-15(12-14)21-18(23)13-22-10-4-8-16(22)17-9-5-11-25-17/h3,5-7,9,11-12,16H,2,4,8,10,13H2,1H3,(H,20,24)(H,21,23)/p+1/t16-/m0/s1. The van der Waals surface area contributed by atoms with Crippen LogP contribution >= 0.6 is 11.3 Å². The molecule has 1 saturated heterocycles. The van der Waals surface area contributed by atoms with Gasteiger partial charge in [0, 0.05) is 30.6 Å². The quantitative estimate of drug-likeness (QED) is 0.738. The molecule has 2 amide bonds. The summed E-state index contributed by atoms with van der Waals surface area (Å²) in [7, 11) is 0. The maximum Gasteiger partial charge on any atom is 0.279 e.